The van der Waals surface area contributed by atoms with Gasteiger partial charge < -0.3 is 5.32 Å². The van der Waals surface area contributed by atoms with Gasteiger partial charge in [-0.05, 0) is 37.2 Å². The molecule has 1 aromatic heterocycles. The van der Waals surface area contributed by atoms with Gasteiger partial charge in [0.25, 0.3) is 0 Å². The van der Waals surface area contributed by atoms with Crippen molar-refractivity contribution in [1.82, 2.24) is 9.88 Å². The smallest absolute Gasteiger partial charge is 0.240 e. The Morgan fingerprint density at radius 3 is 2.79 bits per heavy atom. The lowest BCUT2D eigenvalue weighted by Crippen LogP contribution is -2.29. The molecule has 3 aromatic rings. The van der Waals surface area contributed by atoms with Gasteiger partial charge in [0.2, 0.25) is 5.91 Å². The average molecular weight is 391 g/mol. The second kappa shape index (κ2) is 9.27. The maximum Gasteiger partial charge on any atom is 0.240 e. The van der Waals surface area contributed by atoms with Gasteiger partial charge in [-0.2, -0.15) is 5.26 Å². The molecule has 0 atom stereocenters. The van der Waals surface area contributed by atoms with Crippen LogP contribution >= 0.6 is 11.3 Å². The molecule has 0 bridgehead atoms. The van der Waals surface area contributed by atoms with Crippen molar-refractivity contribution < 1.29 is 4.79 Å². The molecule has 5 nitrogen and oxygen atoms in total. The molecule has 0 unspecified atom stereocenters. The molecule has 142 valence electrons. The summed E-state index contributed by atoms with van der Waals surface area (Å²) < 4.78 is 0. The summed E-state index contributed by atoms with van der Waals surface area (Å²) in [5.74, 6) is -0.101. The third kappa shape index (κ3) is 5.74. The first-order valence-electron chi connectivity index (χ1n) is 8.99. The van der Waals surface area contributed by atoms with Crippen LogP contribution in [0.4, 0.5) is 5.13 Å². The molecule has 6 heteroatoms. The van der Waals surface area contributed by atoms with E-state index in [1.807, 2.05) is 36.3 Å². The number of nitrogens with one attached hydrogen (secondary N) is 1. The maximum atomic E-state index is 12.3. The summed E-state index contributed by atoms with van der Waals surface area (Å²) in [6.07, 6.45) is 2.63. The molecule has 1 amide bonds. The van der Waals surface area contributed by atoms with Gasteiger partial charge in [0.15, 0.2) is 5.13 Å². The highest BCUT2D eigenvalue weighted by Gasteiger charge is 2.11. The molecule has 0 fully saturated rings. The number of nitriles is 1. The summed E-state index contributed by atoms with van der Waals surface area (Å²) in [6.45, 7) is 2.93. The molecule has 0 saturated carbocycles. The lowest BCUT2D eigenvalue weighted by atomic mass is 10.1. The Balaban J connectivity index is 1.52. The summed E-state index contributed by atoms with van der Waals surface area (Å²) >= 11 is 1.50. The molecule has 0 aliphatic heterocycles. The Kier molecular flexibility index (Phi) is 6.53. The predicted molar refractivity (Wildman–Crippen MR) is 112 cm³/mol. The van der Waals surface area contributed by atoms with Gasteiger partial charge in [-0.1, -0.05) is 42.0 Å². The molecule has 2 aromatic carbocycles. The number of hydrogen-bond acceptors (Lipinski definition) is 5. The molecular formula is C22H22N4OS. The van der Waals surface area contributed by atoms with Gasteiger partial charge in [-0.25, -0.2) is 4.98 Å². The number of carbonyl (C=O) groups is 1. The minimum Gasteiger partial charge on any atom is -0.301 e. The molecule has 0 aliphatic carbocycles. The van der Waals surface area contributed by atoms with Crippen molar-refractivity contribution in [3.63, 3.8) is 0 Å². The van der Waals surface area contributed by atoms with Crippen LogP contribution in [0.15, 0.2) is 54.7 Å². The monoisotopic (exact) mass is 390 g/mol. The zero-order valence-corrected chi connectivity index (χ0v) is 16.8. The van der Waals surface area contributed by atoms with E-state index in [4.69, 9.17) is 5.26 Å². The first-order chi connectivity index (χ1) is 13.5. The first kappa shape index (κ1) is 19.7. The Morgan fingerprint density at radius 1 is 1.21 bits per heavy atom. The number of amides is 1. The number of aromatic nitrogens is 1. The van der Waals surface area contributed by atoms with Crippen molar-refractivity contribution in [3.05, 3.63) is 81.9 Å². The third-order valence-corrected chi connectivity index (χ3v) is 5.10. The number of thiazole rings is 1. The van der Waals surface area contributed by atoms with Gasteiger partial charge in [0.1, 0.15) is 0 Å². The third-order valence-electron chi connectivity index (χ3n) is 4.18. The van der Waals surface area contributed by atoms with Crippen molar-refractivity contribution in [3.8, 4) is 6.07 Å². The van der Waals surface area contributed by atoms with Crippen LogP contribution < -0.4 is 5.32 Å². The zero-order valence-electron chi connectivity index (χ0n) is 16.0. The SMILES string of the molecule is Cc1cccc(Cc2cnc(NC(=O)CN(C)Cc3cccc(C#N)c3)s2)c1. The summed E-state index contributed by atoms with van der Waals surface area (Å²) in [5, 5.41) is 12.5. The number of anilines is 1. The molecule has 0 aliphatic rings. The first-order valence-corrected chi connectivity index (χ1v) is 9.81. The van der Waals surface area contributed by atoms with Gasteiger partial charge in [-0.3, -0.25) is 9.69 Å². The van der Waals surface area contributed by atoms with Gasteiger partial charge in [0.05, 0.1) is 18.2 Å². The number of nitrogens with zero attached hydrogens (tertiary/aromatic N) is 3. The largest absolute Gasteiger partial charge is 0.301 e. The van der Waals surface area contributed by atoms with E-state index < -0.39 is 0 Å². The lowest BCUT2D eigenvalue weighted by Gasteiger charge is -2.15. The highest BCUT2D eigenvalue weighted by Crippen LogP contribution is 2.21. The molecule has 1 heterocycles. The molecule has 0 saturated heterocycles. The lowest BCUT2D eigenvalue weighted by molar-refractivity contribution is -0.117. The normalized spacial score (nSPS) is 10.6. The number of aryl methyl sites for hydroxylation is 1. The van der Waals surface area contributed by atoms with E-state index in [-0.39, 0.29) is 12.5 Å². The highest BCUT2D eigenvalue weighted by atomic mass is 32.1. The van der Waals surface area contributed by atoms with E-state index in [2.05, 4.69) is 47.6 Å². The van der Waals surface area contributed by atoms with Crippen LogP contribution in [0.3, 0.4) is 0 Å². The molecule has 0 spiro atoms. The van der Waals surface area contributed by atoms with E-state index in [9.17, 15) is 4.79 Å². The van der Waals surface area contributed by atoms with E-state index in [0.717, 1.165) is 16.9 Å². The van der Waals surface area contributed by atoms with Gasteiger partial charge >= 0.3 is 0 Å². The number of hydrogen-bond donors (Lipinski definition) is 1. The Morgan fingerprint density at radius 2 is 2.00 bits per heavy atom. The van der Waals surface area contributed by atoms with E-state index in [1.54, 1.807) is 6.07 Å². The molecule has 3 rings (SSSR count). The van der Waals surface area contributed by atoms with E-state index in [1.165, 1.54) is 22.5 Å². The average Bonchev–Trinajstić information content (AvgIpc) is 3.08. The number of likely N-dealkylation sites (N-methyl/N-ethyl adjacent to an activating group) is 1. The quantitative estimate of drug-likeness (QED) is 0.662. The van der Waals surface area contributed by atoms with Crippen molar-refractivity contribution in [2.75, 3.05) is 18.9 Å². The molecular weight excluding hydrogens is 368 g/mol. The minimum absolute atomic E-state index is 0.101. The highest BCUT2D eigenvalue weighted by molar-refractivity contribution is 7.15. The second-order valence-electron chi connectivity index (χ2n) is 6.83. The predicted octanol–water partition coefficient (Wildman–Crippen LogP) is 3.98. The molecule has 1 N–H and O–H groups in total. The van der Waals surface area contributed by atoms with Gasteiger partial charge in [0, 0.05) is 24.0 Å². The fourth-order valence-electron chi connectivity index (χ4n) is 2.98. The standard InChI is InChI=1S/C22H22N4OS/c1-16-5-3-6-17(9-16)11-20-13-24-22(28-20)25-21(27)15-26(2)14-19-8-4-7-18(10-19)12-23/h3-10,13H,11,14-15H2,1-2H3,(H,24,25,27). The van der Waals surface area contributed by atoms with Crippen LogP contribution in [-0.2, 0) is 17.8 Å². The van der Waals surface area contributed by atoms with Gasteiger partial charge in [-0.15, -0.1) is 11.3 Å². The Bertz CT molecular complexity index is 1010. The second-order valence-corrected chi connectivity index (χ2v) is 7.95. The fourth-order valence-corrected chi connectivity index (χ4v) is 3.84. The molecule has 0 radical (unpaired) electrons. The van der Waals surface area contributed by atoms with E-state index in [0.29, 0.717) is 17.2 Å². The van der Waals surface area contributed by atoms with Crippen molar-refractivity contribution in [2.45, 2.75) is 19.9 Å². The summed E-state index contributed by atoms with van der Waals surface area (Å²) in [7, 11) is 1.88. The Labute approximate surface area is 169 Å². The van der Waals surface area contributed by atoms with Crippen LogP contribution in [-0.4, -0.2) is 29.4 Å². The number of carbonyl (C=O) groups excluding carboxylic acids is 1. The van der Waals surface area contributed by atoms with Crippen molar-refractivity contribution >= 4 is 22.4 Å². The van der Waals surface area contributed by atoms with Crippen LogP contribution in [0.25, 0.3) is 0 Å². The molecule has 28 heavy (non-hydrogen) atoms. The summed E-state index contributed by atoms with van der Waals surface area (Å²) in [4.78, 5) is 19.7. The van der Waals surface area contributed by atoms with Crippen LogP contribution in [0.2, 0.25) is 0 Å². The van der Waals surface area contributed by atoms with Crippen LogP contribution in [0, 0.1) is 18.3 Å². The van der Waals surface area contributed by atoms with Crippen molar-refractivity contribution in [1.29, 1.82) is 5.26 Å². The topological polar surface area (TPSA) is 69.0 Å². The zero-order chi connectivity index (χ0) is 19.9. The number of rotatable bonds is 7. The fraction of sp³-hybridized carbons (Fsp3) is 0.227. The minimum atomic E-state index is -0.101. The number of benzene rings is 2. The van der Waals surface area contributed by atoms with Crippen LogP contribution in [0.5, 0.6) is 0 Å². The summed E-state index contributed by atoms with van der Waals surface area (Å²) in [5.41, 5.74) is 4.10. The Hall–Kier alpha value is -3.01. The maximum absolute atomic E-state index is 12.3. The summed E-state index contributed by atoms with van der Waals surface area (Å²) in [6, 6.07) is 17.9. The van der Waals surface area contributed by atoms with Crippen molar-refractivity contribution in [2.24, 2.45) is 0 Å². The van der Waals surface area contributed by atoms with Crippen LogP contribution in [0.1, 0.15) is 27.1 Å². The van der Waals surface area contributed by atoms with E-state index >= 15 is 0 Å².